The lowest BCUT2D eigenvalue weighted by Crippen LogP contribution is -2.32. The fourth-order valence-corrected chi connectivity index (χ4v) is 3.09. The molecule has 0 fully saturated rings. The highest BCUT2D eigenvalue weighted by atomic mass is 19.3. The van der Waals surface area contributed by atoms with Gasteiger partial charge in [0.25, 0.3) is 5.91 Å². The molecule has 0 atom stereocenters. The highest BCUT2D eigenvalue weighted by Gasteiger charge is 2.25. The van der Waals surface area contributed by atoms with E-state index in [1.807, 2.05) is 0 Å². The zero-order valence-electron chi connectivity index (χ0n) is 19.0. The smallest absolute Gasteiger partial charge is 0.394 e. The average Bonchev–Trinajstić information content (AvgIpc) is 2.90. The predicted octanol–water partition coefficient (Wildman–Crippen LogP) is 4.17. The molecule has 0 radical (unpaired) electrons. The number of nitrogens with zero attached hydrogens (tertiary/aromatic N) is 3. The molecule has 30 heavy (non-hydrogen) atoms. The first-order chi connectivity index (χ1) is 15.6. The fourth-order valence-electron chi connectivity index (χ4n) is 3.09. The molecule has 0 N–H and O–H groups in total. The van der Waals surface area contributed by atoms with Crippen molar-refractivity contribution in [3.05, 3.63) is 72.2 Å². The molecular formula is C22H19F2N3O3. The normalized spacial score (nSPS) is 15.4. The van der Waals surface area contributed by atoms with Crippen molar-refractivity contribution in [1.82, 2.24) is 14.9 Å². The minimum absolute atomic E-state index is 0.0211. The SMILES string of the molecule is [2H]c1nc(CN2CCOc3ccc(-c4ccc(OC(C)(F)F)cc4)cc3C2=O)nc([2H])c1[2H]. The highest BCUT2D eigenvalue weighted by Crippen LogP contribution is 2.31. The van der Waals surface area contributed by atoms with Crippen LogP contribution in [0.2, 0.25) is 0 Å². The van der Waals surface area contributed by atoms with Gasteiger partial charge >= 0.3 is 6.11 Å². The number of hydrogen-bond donors (Lipinski definition) is 0. The minimum atomic E-state index is -3.29. The van der Waals surface area contributed by atoms with Crippen molar-refractivity contribution in [3.8, 4) is 22.6 Å². The van der Waals surface area contributed by atoms with E-state index in [-0.39, 0.29) is 55.6 Å². The lowest BCUT2D eigenvalue weighted by molar-refractivity contribution is -0.158. The van der Waals surface area contributed by atoms with Crippen molar-refractivity contribution in [3.63, 3.8) is 0 Å². The average molecular weight is 414 g/mol. The van der Waals surface area contributed by atoms with E-state index < -0.39 is 6.11 Å². The van der Waals surface area contributed by atoms with E-state index in [0.717, 1.165) is 0 Å². The summed E-state index contributed by atoms with van der Waals surface area (Å²) >= 11 is 0. The van der Waals surface area contributed by atoms with Gasteiger partial charge in [-0.15, -0.1) is 0 Å². The molecule has 8 heteroatoms. The third kappa shape index (κ3) is 4.53. The van der Waals surface area contributed by atoms with Crippen LogP contribution in [0.4, 0.5) is 8.78 Å². The second-order valence-electron chi connectivity index (χ2n) is 6.71. The molecule has 0 bridgehead atoms. The number of rotatable bonds is 5. The Morgan fingerprint density at radius 1 is 1.17 bits per heavy atom. The highest BCUT2D eigenvalue weighted by molar-refractivity contribution is 5.98. The maximum Gasteiger partial charge on any atom is 0.394 e. The van der Waals surface area contributed by atoms with Gasteiger partial charge in [0.2, 0.25) is 0 Å². The standard InChI is InChI=1S/C22H19F2N3O3/c1-22(23,24)30-17-6-3-15(4-7-17)16-5-8-19-18(13-16)21(28)27(11-12-29-19)14-20-25-9-2-10-26-20/h2-10,13H,11-12,14H2,1H3/i2D,9D,10D. The number of aromatic nitrogens is 2. The van der Waals surface area contributed by atoms with Crippen LogP contribution >= 0.6 is 0 Å². The quantitative estimate of drug-likeness (QED) is 0.627. The Balaban J connectivity index is 1.60. The first kappa shape index (κ1) is 16.3. The predicted molar refractivity (Wildman–Crippen MR) is 105 cm³/mol. The molecule has 6 nitrogen and oxygen atoms in total. The van der Waals surface area contributed by atoms with Crippen LogP contribution in [-0.2, 0) is 6.54 Å². The molecule has 2 aromatic carbocycles. The van der Waals surface area contributed by atoms with Gasteiger partial charge < -0.3 is 14.4 Å². The number of carbonyl (C=O) groups excluding carboxylic acids is 1. The molecule has 0 unspecified atom stereocenters. The maximum absolute atomic E-state index is 13.2. The second-order valence-corrected chi connectivity index (χ2v) is 6.71. The summed E-state index contributed by atoms with van der Waals surface area (Å²) in [6, 6.07) is 10.8. The topological polar surface area (TPSA) is 64.6 Å². The van der Waals surface area contributed by atoms with Crippen LogP contribution < -0.4 is 9.47 Å². The van der Waals surface area contributed by atoms with Crippen LogP contribution in [0.5, 0.6) is 11.5 Å². The van der Waals surface area contributed by atoms with Crippen LogP contribution in [-0.4, -0.2) is 40.0 Å². The van der Waals surface area contributed by atoms with Crippen molar-refractivity contribution in [2.24, 2.45) is 0 Å². The number of amides is 1. The van der Waals surface area contributed by atoms with E-state index in [2.05, 4.69) is 14.7 Å². The molecule has 1 amide bonds. The Morgan fingerprint density at radius 2 is 1.87 bits per heavy atom. The summed E-state index contributed by atoms with van der Waals surface area (Å²) in [5.74, 6) is 0.179. The number of halogens is 2. The molecule has 3 aromatic rings. The number of carbonyl (C=O) groups is 1. The van der Waals surface area contributed by atoms with Gasteiger partial charge in [-0.3, -0.25) is 4.79 Å². The molecule has 2 heterocycles. The summed E-state index contributed by atoms with van der Waals surface area (Å²) in [6.07, 6.45) is -4.04. The lowest BCUT2D eigenvalue weighted by Gasteiger charge is -2.19. The molecule has 1 aliphatic rings. The van der Waals surface area contributed by atoms with Crippen LogP contribution in [0.3, 0.4) is 0 Å². The van der Waals surface area contributed by atoms with Crippen LogP contribution in [0.1, 0.15) is 27.2 Å². The van der Waals surface area contributed by atoms with Crippen LogP contribution in [0.15, 0.2) is 60.9 Å². The summed E-state index contributed by atoms with van der Waals surface area (Å²) in [5, 5.41) is 0. The molecule has 1 aliphatic heterocycles. The van der Waals surface area contributed by atoms with Crippen molar-refractivity contribution in [2.45, 2.75) is 19.6 Å². The molecule has 0 saturated heterocycles. The van der Waals surface area contributed by atoms with E-state index >= 15 is 0 Å². The Kier molecular flexibility index (Phi) is 4.37. The fraction of sp³-hybridized carbons (Fsp3) is 0.227. The molecular weight excluding hydrogens is 392 g/mol. The first-order valence-electron chi connectivity index (χ1n) is 10.6. The lowest BCUT2D eigenvalue weighted by atomic mass is 10.0. The number of ether oxygens (including phenoxy) is 2. The Hall–Kier alpha value is -3.55. The minimum Gasteiger partial charge on any atom is -0.491 e. The van der Waals surface area contributed by atoms with Crippen molar-refractivity contribution >= 4 is 5.91 Å². The van der Waals surface area contributed by atoms with Crippen molar-refractivity contribution in [1.29, 1.82) is 0 Å². The molecule has 4 rings (SSSR count). The van der Waals surface area contributed by atoms with Gasteiger partial charge in [-0.05, 0) is 41.4 Å². The Labute approximate surface area is 176 Å². The van der Waals surface area contributed by atoms with Gasteiger partial charge in [0.1, 0.15) is 23.9 Å². The summed E-state index contributed by atoms with van der Waals surface area (Å²) in [4.78, 5) is 22.5. The molecule has 0 saturated carbocycles. The molecule has 1 aromatic heterocycles. The zero-order chi connectivity index (χ0) is 23.8. The molecule has 0 aliphatic carbocycles. The van der Waals surface area contributed by atoms with Gasteiger partial charge in [-0.1, -0.05) is 18.2 Å². The van der Waals surface area contributed by atoms with Gasteiger partial charge in [0.15, 0.2) is 0 Å². The Bertz CT molecular complexity index is 1180. The molecule has 154 valence electrons. The van der Waals surface area contributed by atoms with E-state index in [0.29, 0.717) is 29.4 Å². The zero-order valence-corrected chi connectivity index (χ0v) is 16.0. The maximum atomic E-state index is 13.2. The van der Waals surface area contributed by atoms with Gasteiger partial charge in [-0.25, -0.2) is 9.97 Å². The van der Waals surface area contributed by atoms with Crippen LogP contribution in [0, 0.1) is 0 Å². The number of alkyl halides is 2. The Morgan fingerprint density at radius 3 is 2.57 bits per heavy atom. The van der Waals surface area contributed by atoms with Crippen molar-refractivity contribution in [2.75, 3.05) is 13.2 Å². The number of hydrogen-bond acceptors (Lipinski definition) is 5. The third-order valence-electron chi connectivity index (χ3n) is 4.41. The van der Waals surface area contributed by atoms with E-state index in [1.54, 1.807) is 30.3 Å². The van der Waals surface area contributed by atoms with E-state index in [1.165, 1.54) is 17.0 Å². The van der Waals surface area contributed by atoms with Gasteiger partial charge in [0.05, 0.1) is 22.8 Å². The first-order valence-corrected chi connectivity index (χ1v) is 9.15. The summed E-state index contributed by atoms with van der Waals surface area (Å²) < 4.78 is 59.2. The number of benzene rings is 2. The van der Waals surface area contributed by atoms with E-state index in [9.17, 15) is 13.6 Å². The summed E-state index contributed by atoms with van der Waals surface area (Å²) in [7, 11) is 0. The van der Waals surface area contributed by atoms with Gasteiger partial charge in [-0.2, -0.15) is 8.78 Å². The second kappa shape index (κ2) is 8.06. The van der Waals surface area contributed by atoms with Crippen molar-refractivity contribution < 1.29 is 27.2 Å². The molecule has 0 spiro atoms. The van der Waals surface area contributed by atoms with E-state index in [4.69, 9.17) is 8.85 Å². The van der Waals surface area contributed by atoms with Crippen LogP contribution in [0.25, 0.3) is 11.1 Å². The summed E-state index contributed by atoms with van der Waals surface area (Å²) in [6.45, 7) is 1.09. The van der Waals surface area contributed by atoms with Gasteiger partial charge in [0, 0.05) is 19.3 Å². The number of fused-ring (bicyclic) bond motifs is 1. The third-order valence-corrected chi connectivity index (χ3v) is 4.41. The summed E-state index contributed by atoms with van der Waals surface area (Å²) in [5.41, 5.74) is 1.68. The largest absolute Gasteiger partial charge is 0.491 e. The monoisotopic (exact) mass is 414 g/mol.